The van der Waals surface area contributed by atoms with E-state index in [1.54, 1.807) is 0 Å². The van der Waals surface area contributed by atoms with E-state index >= 15 is 0 Å². The van der Waals surface area contributed by atoms with Crippen molar-refractivity contribution in [2.24, 2.45) is 0 Å². The van der Waals surface area contributed by atoms with Crippen molar-refractivity contribution in [2.45, 2.75) is 33.6 Å². The van der Waals surface area contributed by atoms with Crippen molar-refractivity contribution in [1.82, 2.24) is 10.9 Å². The van der Waals surface area contributed by atoms with E-state index in [1.807, 2.05) is 0 Å². The van der Waals surface area contributed by atoms with E-state index in [-0.39, 0.29) is 0 Å². The van der Waals surface area contributed by atoms with Crippen molar-refractivity contribution in [3.63, 3.8) is 0 Å². The van der Waals surface area contributed by atoms with Gasteiger partial charge in [0.1, 0.15) is 0 Å². The first kappa shape index (κ1) is 13.9. The van der Waals surface area contributed by atoms with Crippen LogP contribution in [0.4, 0.5) is 0 Å². The van der Waals surface area contributed by atoms with E-state index in [0.717, 1.165) is 31.5 Å². The molecule has 1 saturated heterocycles. The van der Waals surface area contributed by atoms with Gasteiger partial charge < -0.3 is 0 Å². The molecule has 1 heterocycles. The fourth-order valence-electron chi connectivity index (χ4n) is 2.15. The first-order valence-electron chi connectivity index (χ1n) is 6.96. The second kappa shape index (κ2) is 6.56. The highest BCUT2D eigenvalue weighted by Crippen LogP contribution is 2.20. The lowest BCUT2D eigenvalue weighted by Gasteiger charge is -2.08. The fraction of sp³-hybridized carbons (Fsp3) is 0.412. The molecule has 1 fully saturated rings. The van der Waals surface area contributed by atoms with Gasteiger partial charge in [0.15, 0.2) is 0 Å². The van der Waals surface area contributed by atoms with Gasteiger partial charge in [-0.25, -0.2) is 0 Å². The molecule has 0 aromatic heterocycles. The predicted molar refractivity (Wildman–Crippen MR) is 81.7 cm³/mol. The Kier molecular flexibility index (Phi) is 4.79. The third-order valence-corrected chi connectivity index (χ3v) is 3.54. The molecule has 2 rings (SSSR count). The Balaban J connectivity index is 2.27. The maximum atomic E-state index is 3.28. The van der Waals surface area contributed by atoms with E-state index < -0.39 is 0 Å². The fourth-order valence-corrected chi connectivity index (χ4v) is 2.15. The Morgan fingerprint density at radius 2 is 1.89 bits per heavy atom. The summed E-state index contributed by atoms with van der Waals surface area (Å²) in [6.07, 6.45) is 4.37. The highest BCUT2D eigenvalue weighted by atomic mass is 15.4. The molecule has 100 valence electrons. The maximum Gasteiger partial charge on any atom is 0.0326 e. The van der Waals surface area contributed by atoms with Gasteiger partial charge in [0.2, 0.25) is 0 Å². The van der Waals surface area contributed by atoms with Crippen LogP contribution < -0.4 is 10.9 Å². The Hall–Kier alpha value is -1.56. The zero-order chi connectivity index (χ0) is 13.7. The van der Waals surface area contributed by atoms with Crippen molar-refractivity contribution in [3.05, 3.63) is 40.0 Å². The molecular formula is C17H22N2. The molecule has 0 aliphatic carbocycles. The lowest BCUT2D eigenvalue weighted by molar-refractivity contribution is 0.689. The topological polar surface area (TPSA) is 24.1 Å². The third kappa shape index (κ3) is 3.47. The second-order valence-corrected chi connectivity index (χ2v) is 5.01. The molecule has 2 heteroatoms. The van der Waals surface area contributed by atoms with Gasteiger partial charge in [0.05, 0.1) is 0 Å². The standard InChI is InChI=1S/C17H22N2/c1-4-5-6-7-16-8-9-17(14(3)13(16)2)10-15-11-18-19-12-15/h8-10,18-19H,4-5,11-12H2,1-3H3. The largest absolute Gasteiger partial charge is 0.253 e. The second-order valence-electron chi connectivity index (χ2n) is 5.01. The van der Waals surface area contributed by atoms with Crippen LogP contribution >= 0.6 is 0 Å². The molecule has 1 aliphatic rings. The Morgan fingerprint density at radius 1 is 1.16 bits per heavy atom. The van der Waals surface area contributed by atoms with E-state index in [2.05, 4.69) is 61.7 Å². The summed E-state index contributed by atoms with van der Waals surface area (Å²) in [5.41, 5.74) is 12.8. The highest BCUT2D eigenvalue weighted by molar-refractivity contribution is 5.62. The van der Waals surface area contributed by atoms with Crippen LogP contribution in [0.25, 0.3) is 6.08 Å². The summed E-state index contributed by atoms with van der Waals surface area (Å²) < 4.78 is 0. The summed E-state index contributed by atoms with van der Waals surface area (Å²) in [5.74, 6) is 6.51. The summed E-state index contributed by atoms with van der Waals surface area (Å²) in [4.78, 5) is 0. The molecule has 19 heavy (non-hydrogen) atoms. The molecule has 1 aliphatic heterocycles. The zero-order valence-corrected chi connectivity index (χ0v) is 12.1. The van der Waals surface area contributed by atoms with E-state index in [1.165, 1.54) is 22.3 Å². The summed E-state index contributed by atoms with van der Waals surface area (Å²) >= 11 is 0. The molecule has 0 saturated carbocycles. The number of rotatable bonds is 2. The van der Waals surface area contributed by atoms with Gasteiger partial charge in [-0.2, -0.15) is 0 Å². The minimum Gasteiger partial charge on any atom is -0.253 e. The molecule has 1 aromatic rings. The first-order valence-corrected chi connectivity index (χ1v) is 6.96. The lowest BCUT2D eigenvalue weighted by Crippen LogP contribution is -2.21. The molecule has 0 atom stereocenters. The molecular weight excluding hydrogens is 232 g/mol. The quantitative estimate of drug-likeness (QED) is 0.793. The van der Waals surface area contributed by atoms with Crippen LogP contribution in [0.1, 0.15) is 42.0 Å². The van der Waals surface area contributed by atoms with Crippen molar-refractivity contribution >= 4 is 6.08 Å². The highest BCUT2D eigenvalue weighted by Gasteiger charge is 2.07. The van der Waals surface area contributed by atoms with Gasteiger partial charge in [0, 0.05) is 25.1 Å². The molecule has 2 nitrogen and oxygen atoms in total. The third-order valence-electron chi connectivity index (χ3n) is 3.54. The Bertz CT molecular complexity index is 536. The summed E-state index contributed by atoms with van der Waals surface area (Å²) in [5, 5.41) is 0. The van der Waals surface area contributed by atoms with Crippen LogP contribution in [0.2, 0.25) is 0 Å². The monoisotopic (exact) mass is 254 g/mol. The number of nitrogens with one attached hydrogen (secondary N) is 2. The number of unbranched alkanes of at least 4 members (excludes halogenated alkanes) is 1. The predicted octanol–water partition coefficient (Wildman–Crippen LogP) is 2.95. The average Bonchev–Trinajstić information content (AvgIpc) is 2.91. The molecule has 0 radical (unpaired) electrons. The van der Waals surface area contributed by atoms with Crippen LogP contribution in [0.5, 0.6) is 0 Å². The molecule has 0 unspecified atom stereocenters. The number of benzene rings is 1. The van der Waals surface area contributed by atoms with Gasteiger partial charge in [-0.1, -0.05) is 30.9 Å². The van der Waals surface area contributed by atoms with Gasteiger partial charge in [-0.05, 0) is 48.6 Å². The first-order chi connectivity index (χ1) is 9.22. The normalized spacial score (nSPS) is 14.2. The smallest absolute Gasteiger partial charge is 0.0326 e. The minimum absolute atomic E-state index is 0.927. The number of hydrogen-bond acceptors (Lipinski definition) is 2. The van der Waals surface area contributed by atoms with Crippen molar-refractivity contribution < 1.29 is 0 Å². The van der Waals surface area contributed by atoms with Gasteiger partial charge >= 0.3 is 0 Å². The van der Waals surface area contributed by atoms with Crippen molar-refractivity contribution in [2.75, 3.05) is 13.1 Å². The van der Waals surface area contributed by atoms with Crippen LogP contribution in [0.3, 0.4) is 0 Å². The maximum absolute atomic E-state index is 3.28. The summed E-state index contributed by atoms with van der Waals surface area (Å²) in [6.45, 7) is 8.36. The Morgan fingerprint density at radius 3 is 2.58 bits per heavy atom. The molecule has 0 bridgehead atoms. The van der Waals surface area contributed by atoms with Crippen molar-refractivity contribution in [3.8, 4) is 11.8 Å². The van der Waals surface area contributed by atoms with Gasteiger partial charge in [-0.3, -0.25) is 10.9 Å². The lowest BCUT2D eigenvalue weighted by atomic mass is 9.97. The van der Waals surface area contributed by atoms with Crippen molar-refractivity contribution in [1.29, 1.82) is 0 Å². The molecule has 0 amide bonds. The van der Waals surface area contributed by atoms with Crippen LogP contribution in [0.15, 0.2) is 17.7 Å². The van der Waals surface area contributed by atoms with Gasteiger partial charge in [0.25, 0.3) is 0 Å². The van der Waals surface area contributed by atoms with E-state index in [9.17, 15) is 0 Å². The summed E-state index contributed by atoms with van der Waals surface area (Å²) in [7, 11) is 0. The van der Waals surface area contributed by atoms with E-state index in [0.29, 0.717) is 0 Å². The Labute approximate surface area is 116 Å². The molecule has 2 N–H and O–H groups in total. The summed E-state index contributed by atoms with van der Waals surface area (Å²) in [6, 6.07) is 4.33. The SMILES string of the molecule is CCCC#Cc1ccc(C=C2CNNC2)c(C)c1C. The van der Waals surface area contributed by atoms with Crippen LogP contribution in [0, 0.1) is 25.7 Å². The molecule has 1 aromatic carbocycles. The van der Waals surface area contributed by atoms with E-state index in [4.69, 9.17) is 0 Å². The minimum atomic E-state index is 0.927. The van der Waals surface area contributed by atoms with Crippen LogP contribution in [-0.2, 0) is 0 Å². The zero-order valence-electron chi connectivity index (χ0n) is 12.1. The van der Waals surface area contributed by atoms with Crippen LogP contribution in [-0.4, -0.2) is 13.1 Å². The number of hydrazine groups is 1. The van der Waals surface area contributed by atoms with Gasteiger partial charge in [-0.15, -0.1) is 0 Å². The molecule has 0 spiro atoms. The number of hydrogen-bond donors (Lipinski definition) is 2. The average molecular weight is 254 g/mol.